The molecule has 102 valence electrons. The van der Waals surface area contributed by atoms with E-state index in [2.05, 4.69) is 13.5 Å². The molecule has 0 saturated heterocycles. The number of rotatable bonds is 2. The molecule has 0 amide bonds. The number of fused-ring (bicyclic) bond motifs is 1. The van der Waals surface area contributed by atoms with Crippen LogP contribution in [0.1, 0.15) is 33.1 Å². The van der Waals surface area contributed by atoms with E-state index >= 15 is 0 Å². The Morgan fingerprint density at radius 2 is 2.21 bits per heavy atom. The molecule has 0 unspecified atom stereocenters. The molecule has 0 bridgehead atoms. The molecule has 0 spiro atoms. The normalized spacial score (nSPS) is 30.1. The number of ether oxygens (including phenoxy) is 1. The SMILES string of the molecule is C=C(C(=O)OC)[C@@H]1CC[C@@]2(C)C=CC(=O)C(C)=C2C1. The fourth-order valence-electron chi connectivity index (χ4n) is 3.10. The smallest absolute Gasteiger partial charge is 0.333 e. The van der Waals surface area contributed by atoms with Crippen molar-refractivity contribution in [3.63, 3.8) is 0 Å². The lowest BCUT2D eigenvalue weighted by Gasteiger charge is -2.41. The first-order valence-corrected chi connectivity index (χ1v) is 6.60. The van der Waals surface area contributed by atoms with Crippen molar-refractivity contribution in [2.75, 3.05) is 7.11 Å². The summed E-state index contributed by atoms with van der Waals surface area (Å²) < 4.78 is 4.74. The van der Waals surface area contributed by atoms with Crippen molar-refractivity contribution in [3.8, 4) is 0 Å². The highest BCUT2D eigenvalue weighted by Crippen LogP contribution is 2.48. The maximum atomic E-state index is 11.8. The van der Waals surface area contributed by atoms with Gasteiger partial charge in [-0.1, -0.05) is 25.2 Å². The minimum atomic E-state index is -0.343. The zero-order valence-corrected chi connectivity index (χ0v) is 11.8. The first kappa shape index (κ1) is 13.8. The standard InChI is InChI=1S/C16H20O3/c1-10(15(18)19-4)12-5-7-16(3)8-6-14(17)11(2)13(16)9-12/h6,8,12H,1,5,7,9H2,2-4H3/t12-,16+/m1/s1. The van der Waals surface area contributed by atoms with Gasteiger partial charge in [0.25, 0.3) is 0 Å². The lowest BCUT2D eigenvalue weighted by molar-refractivity contribution is -0.136. The van der Waals surface area contributed by atoms with Gasteiger partial charge in [0.05, 0.1) is 7.11 Å². The second-order valence-corrected chi connectivity index (χ2v) is 5.68. The van der Waals surface area contributed by atoms with E-state index < -0.39 is 0 Å². The summed E-state index contributed by atoms with van der Waals surface area (Å²) in [5.74, 6) is -0.175. The Morgan fingerprint density at radius 3 is 2.84 bits per heavy atom. The van der Waals surface area contributed by atoms with Gasteiger partial charge in [-0.05, 0) is 43.8 Å². The largest absolute Gasteiger partial charge is 0.466 e. The van der Waals surface area contributed by atoms with Gasteiger partial charge >= 0.3 is 5.97 Å². The van der Waals surface area contributed by atoms with Gasteiger partial charge in [-0.15, -0.1) is 0 Å². The number of allylic oxidation sites excluding steroid dienone is 4. The summed E-state index contributed by atoms with van der Waals surface area (Å²) in [6.45, 7) is 7.89. The molecule has 0 N–H and O–H groups in total. The van der Waals surface area contributed by atoms with Crippen LogP contribution in [-0.2, 0) is 14.3 Å². The Morgan fingerprint density at radius 1 is 1.53 bits per heavy atom. The van der Waals surface area contributed by atoms with Gasteiger partial charge in [0.1, 0.15) is 0 Å². The molecule has 0 aromatic heterocycles. The van der Waals surface area contributed by atoms with Crippen molar-refractivity contribution in [1.29, 1.82) is 0 Å². The average Bonchev–Trinajstić information content (AvgIpc) is 2.41. The first-order valence-electron chi connectivity index (χ1n) is 6.60. The highest BCUT2D eigenvalue weighted by atomic mass is 16.5. The second-order valence-electron chi connectivity index (χ2n) is 5.68. The van der Waals surface area contributed by atoms with Crippen LogP contribution in [0.3, 0.4) is 0 Å². The minimum absolute atomic E-state index is 0.0368. The summed E-state index contributed by atoms with van der Waals surface area (Å²) >= 11 is 0. The number of hydrogen-bond acceptors (Lipinski definition) is 3. The molecule has 2 aliphatic carbocycles. The summed E-state index contributed by atoms with van der Waals surface area (Å²) in [6.07, 6.45) is 6.25. The van der Waals surface area contributed by atoms with E-state index in [1.807, 2.05) is 13.0 Å². The Hall–Kier alpha value is -1.64. The van der Waals surface area contributed by atoms with Gasteiger partial charge in [-0.25, -0.2) is 4.79 Å². The van der Waals surface area contributed by atoms with Gasteiger partial charge in [0.2, 0.25) is 0 Å². The third kappa shape index (κ3) is 2.29. The Labute approximate surface area is 114 Å². The lowest BCUT2D eigenvalue weighted by Crippen LogP contribution is -2.32. The van der Waals surface area contributed by atoms with Gasteiger partial charge in [-0.3, -0.25) is 4.79 Å². The number of ketones is 1. The molecule has 0 aromatic rings. The number of esters is 1. The predicted octanol–water partition coefficient (Wildman–Crippen LogP) is 2.98. The van der Waals surface area contributed by atoms with E-state index in [0.717, 1.165) is 30.4 Å². The number of hydrogen-bond donors (Lipinski definition) is 0. The molecule has 2 aliphatic rings. The predicted molar refractivity (Wildman–Crippen MR) is 73.5 cm³/mol. The topological polar surface area (TPSA) is 43.4 Å². The molecule has 19 heavy (non-hydrogen) atoms. The van der Waals surface area contributed by atoms with Gasteiger partial charge in [0.15, 0.2) is 5.78 Å². The highest BCUT2D eigenvalue weighted by molar-refractivity contribution is 6.05. The maximum Gasteiger partial charge on any atom is 0.333 e. The van der Waals surface area contributed by atoms with Crippen molar-refractivity contribution < 1.29 is 14.3 Å². The third-order valence-electron chi connectivity index (χ3n) is 4.52. The molecule has 0 aliphatic heterocycles. The van der Waals surface area contributed by atoms with Gasteiger partial charge in [-0.2, -0.15) is 0 Å². The summed E-state index contributed by atoms with van der Waals surface area (Å²) in [6, 6.07) is 0. The van der Waals surface area contributed by atoms with Crippen molar-refractivity contribution in [2.45, 2.75) is 33.1 Å². The van der Waals surface area contributed by atoms with E-state index in [1.165, 1.54) is 7.11 Å². The molecule has 0 aromatic carbocycles. The quantitative estimate of drug-likeness (QED) is 0.566. The molecule has 1 fully saturated rings. The fraction of sp³-hybridized carbons (Fsp3) is 0.500. The van der Waals surface area contributed by atoms with Gasteiger partial charge < -0.3 is 4.74 Å². The molecule has 0 radical (unpaired) electrons. The molecular formula is C16H20O3. The average molecular weight is 260 g/mol. The zero-order valence-electron chi connectivity index (χ0n) is 11.8. The molecule has 1 saturated carbocycles. The zero-order chi connectivity index (χ0) is 14.2. The third-order valence-corrected chi connectivity index (χ3v) is 4.52. The first-order chi connectivity index (χ1) is 8.89. The van der Waals surface area contributed by atoms with Crippen LogP contribution < -0.4 is 0 Å². The van der Waals surface area contributed by atoms with Gasteiger partial charge in [0, 0.05) is 11.0 Å². The van der Waals surface area contributed by atoms with Crippen LogP contribution in [0, 0.1) is 11.3 Å². The van der Waals surface area contributed by atoms with Crippen molar-refractivity contribution >= 4 is 11.8 Å². The van der Waals surface area contributed by atoms with E-state index in [1.54, 1.807) is 6.08 Å². The highest BCUT2D eigenvalue weighted by Gasteiger charge is 2.39. The lowest BCUT2D eigenvalue weighted by atomic mass is 9.63. The molecule has 2 atom stereocenters. The van der Waals surface area contributed by atoms with Crippen molar-refractivity contribution in [2.24, 2.45) is 11.3 Å². The summed E-state index contributed by atoms with van der Waals surface area (Å²) in [7, 11) is 1.37. The Balaban J connectivity index is 2.27. The van der Waals surface area contributed by atoms with Crippen LogP contribution in [0.2, 0.25) is 0 Å². The van der Waals surface area contributed by atoms with E-state index in [-0.39, 0.29) is 23.1 Å². The number of carbonyl (C=O) groups excluding carboxylic acids is 2. The van der Waals surface area contributed by atoms with Crippen LogP contribution in [0.5, 0.6) is 0 Å². The second kappa shape index (κ2) is 4.80. The summed E-state index contributed by atoms with van der Waals surface area (Å²) in [4.78, 5) is 23.4. The van der Waals surface area contributed by atoms with Crippen LogP contribution >= 0.6 is 0 Å². The van der Waals surface area contributed by atoms with E-state index in [9.17, 15) is 9.59 Å². The van der Waals surface area contributed by atoms with Crippen molar-refractivity contribution in [1.82, 2.24) is 0 Å². The van der Waals surface area contributed by atoms with Crippen LogP contribution in [0.4, 0.5) is 0 Å². The Bertz CT molecular complexity index is 510. The summed E-state index contributed by atoms with van der Waals surface area (Å²) in [5, 5.41) is 0. The molecule has 3 heteroatoms. The molecule has 0 heterocycles. The summed E-state index contributed by atoms with van der Waals surface area (Å²) in [5.41, 5.74) is 2.46. The number of methoxy groups -OCH3 is 1. The fourth-order valence-corrected chi connectivity index (χ4v) is 3.10. The molecular weight excluding hydrogens is 240 g/mol. The van der Waals surface area contributed by atoms with Crippen molar-refractivity contribution in [3.05, 3.63) is 35.5 Å². The number of carbonyl (C=O) groups is 2. The Kier molecular flexibility index (Phi) is 3.48. The minimum Gasteiger partial charge on any atom is -0.466 e. The van der Waals surface area contributed by atoms with E-state index in [4.69, 9.17) is 4.74 Å². The van der Waals surface area contributed by atoms with Crippen LogP contribution in [-0.4, -0.2) is 18.9 Å². The van der Waals surface area contributed by atoms with Crippen LogP contribution in [0.25, 0.3) is 0 Å². The molecule has 2 rings (SSSR count). The van der Waals surface area contributed by atoms with E-state index in [0.29, 0.717) is 5.57 Å². The molecule has 3 nitrogen and oxygen atoms in total. The monoisotopic (exact) mass is 260 g/mol. The maximum absolute atomic E-state index is 11.8. The van der Waals surface area contributed by atoms with Crippen LogP contribution in [0.15, 0.2) is 35.5 Å².